The van der Waals surface area contributed by atoms with Crippen molar-refractivity contribution in [1.29, 1.82) is 0 Å². The van der Waals surface area contributed by atoms with Crippen LogP contribution < -0.4 is 10.2 Å². The predicted molar refractivity (Wildman–Crippen MR) is 132 cm³/mol. The third-order valence-electron chi connectivity index (χ3n) is 7.35. The van der Waals surface area contributed by atoms with E-state index in [1.54, 1.807) is 0 Å². The molecule has 2 heterocycles. The van der Waals surface area contributed by atoms with Crippen LogP contribution in [0.4, 0.5) is 17.1 Å². The lowest BCUT2D eigenvalue weighted by atomic mass is 9.90. The highest BCUT2D eigenvalue weighted by atomic mass is 15.2. The summed E-state index contributed by atoms with van der Waals surface area (Å²) < 4.78 is 2.41. The van der Waals surface area contributed by atoms with Crippen LogP contribution in [0.3, 0.4) is 0 Å². The van der Waals surface area contributed by atoms with Crippen LogP contribution in [0.1, 0.15) is 17.7 Å². The molecule has 3 aromatic rings. The molecular formula is C26H35N5. The van der Waals surface area contributed by atoms with Gasteiger partial charge in [-0.05, 0) is 88.4 Å². The number of benzene rings is 2. The Morgan fingerprint density at radius 1 is 0.903 bits per heavy atom. The van der Waals surface area contributed by atoms with E-state index in [1.165, 1.54) is 46.4 Å². The minimum Gasteiger partial charge on any atom is -0.369 e. The summed E-state index contributed by atoms with van der Waals surface area (Å²) in [6.07, 6.45) is 3.55. The molecule has 1 atom stereocenters. The summed E-state index contributed by atoms with van der Waals surface area (Å²) >= 11 is 0. The maximum atomic E-state index is 3.64. The zero-order valence-corrected chi connectivity index (χ0v) is 19.4. The minimum atomic E-state index is 0.636. The topological polar surface area (TPSA) is 26.7 Å². The van der Waals surface area contributed by atoms with Crippen LogP contribution in [-0.4, -0.2) is 67.7 Å². The van der Waals surface area contributed by atoms with E-state index in [4.69, 9.17) is 0 Å². The third kappa shape index (κ3) is 3.92. The molecule has 1 saturated heterocycles. The molecule has 1 unspecified atom stereocenters. The minimum absolute atomic E-state index is 0.636. The summed E-state index contributed by atoms with van der Waals surface area (Å²) in [4.78, 5) is 7.25. The van der Waals surface area contributed by atoms with Crippen LogP contribution in [-0.2, 0) is 19.9 Å². The van der Waals surface area contributed by atoms with Gasteiger partial charge in [-0.3, -0.25) is 0 Å². The van der Waals surface area contributed by atoms with Crippen molar-refractivity contribution in [2.45, 2.75) is 25.3 Å². The standard InChI is InChI=1S/C26H35N5/c1-28(2)22-10-12-26-24(18-22)23-17-20(7-11-25(23)30(26)4)27-19-5-8-21(9-6-19)31-15-13-29(3)14-16-31/h5-9,11,17,22,27H,10,12-16,18H2,1-4H3. The van der Waals surface area contributed by atoms with Crippen LogP contribution in [0.5, 0.6) is 0 Å². The number of anilines is 3. The van der Waals surface area contributed by atoms with Gasteiger partial charge in [-0.1, -0.05) is 0 Å². The summed E-state index contributed by atoms with van der Waals surface area (Å²) in [5.41, 5.74) is 8.04. The average Bonchev–Trinajstić information content (AvgIpc) is 3.06. The fourth-order valence-corrected chi connectivity index (χ4v) is 5.27. The van der Waals surface area contributed by atoms with Gasteiger partial charge in [0.1, 0.15) is 0 Å². The lowest BCUT2D eigenvalue weighted by Crippen LogP contribution is -2.44. The van der Waals surface area contributed by atoms with Crippen molar-refractivity contribution in [1.82, 2.24) is 14.4 Å². The first-order chi connectivity index (χ1) is 15.0. The number of piperazine rings is 1. The third-order valence-corrected chi connectivity index (χ3v) is 7.35. The van der Waals surface area contributed by atoms with Gasteiger partial charge >= 0.3 is 0 Å². The van der Waals surface area contributed by atoms with Crippen LogP contribution >= 0.6 is 0 Å². The second-order valence-electron chi connectivity index (χ2n) is 9.54. The van der Waals surface area contributed by atoms with E-state index in [0.717, 1.165) is 38.3 Å². The molecule has 1 aliphatic heterocycles. The Hall–Kier alpha value is -2.50. The highest BCUT2D eigenvalue weighted by Crippen LogP contribution is 2.34. The number of likely N-dealkylation sites (N-methyl/N-ethyl adjacent to an activating group) is 2. The van der Waals surface area contributed by atoms with Crippen LogP contribution in [0.2, 0.25) is 0 Å². The first kappa shape index (κ1) is 20.4. The molecule has 0 amide bonds. The zero-order valence-electron chi connectivity index (χ0n) is 19.4. The number of hydrogen-bond acceptors (Lipinski definition) is 4. The van der Waals surface area contributed by atoms with Gasteiger partial charge in [0.2, 0.25) is 0 Å². The quantitative estimate of drug-likeness (QED) is 0.692. The van der Waals surface area contributed by atoms with Gasteiger partial charge in [0, 0.05) is 72.9 Å². The highest BCUT2D eigenvalue weighted by Gasteiger charge is 2.25. The molecule has 0 radical (unpaired) electrons. The summed E-state index contributed by atoms with van der Waals surface area (Å²) in [7, 11) is 8.84. The fraction of sp³-hybridized carbons (Fsp3) is 0.462. The Morgan fingerprint density at radius 3 is 2.32 bits per heavy atom. The molecule has 0 saturated carbocycles. The molecule has 2 aliphatic rings. The SMILES string of the molecule is CN1CCN(c2ccc(Nc3ccc4c(c3)c3c(n4C)CCC(N(C)C)C3)cc2)CC1. The lowest BCUT2D eigenvalue weighted by molar-refractivity contribution is 0.267. The van der Waals surface area contributed by atoms with Gasteiger partial charge in [0.15, 0.2) is 0 Å². The summed E-state index contributed by atoms with van der Waals surface area (Å²) in [5.74, 6) is 0. The molecule has 164 valence electrons. The van der Waals surface area contributed by atoms with Gasteiger partial charge in [0.05, 0.1) is 0 Å². The van der Waals surface area contributed by atoms with E-state index < -0.39 is 0 Å². The fourth-order valence-electron chi connectivity index (χ4n) is 5.27. The first-order valence-corrected chi connectivity index (χ1v) is 11.6. The van der Waals surface area contributed by atoms with Gasteiger partial charge in [-0.2, -0.15) is 0 Å². The monoisotopic (exact) mass is 417 g/mol. The Kier molecular flexibility index (Phi) is 5.40. The van der Waals surface area contributed by atoms with Crippen LogP contribution in [0, 0.1) is 0 Å². The van der Waals surface area contributed by atoms with Crippen molar-refractivity contribution in [3.05, 3.63) is 53.7 Å². The van der Waals surface area contributed by atoms with E-state index in [-0.39, 0.29) is 0 Å². The summed E-state index contributed by atoms with van der Waals surface area (Å²) in [5, 5.41) is 5.04. The highest BCUT2D eigenvalue weighted by molar-refractivity contribution is 5.89. The molecule has 1 N–H and O–H groups in total. The lowest BCUT2D eigenvalue weighted by Gasteiger charge is -2.34. The van der Waals surface area contributed by atoms with Crippen molar-refractivity contribution in [3.8, 4) is 0 Å². The number of rotatable bonds is 4. The maximum absolute atomic E-state index is 3.64. The van der Waals surface area contributed by atoms with Gasteiger partial charge in [0.25, 0.3) is 0 Å². The zero-order chi connectivity index (χ0) is 21.5. The molecule has 31 heavy (non-hydrogen) atoms. The maximum Gasteiger partial charge on any atom is 0.0484 e. The molecular weight excluding hydrogens is 382 g/mol. The number of fused-ring (bicyclic) bond motifs is 3. The van der Waals surface area contributed by atoms with E-state index in [1.807, 2.05) is 0 Å². The molecule has 1 aliphatic carbocycles. The Balaban J connectivity index is 1.37. The molecule has 2 aromatic carbocycles. The van der Waals surface area contributed by atoms with Crippen molar-refractivity contribution >= 4 is 28.0 Å². The van der Waals surface area contributed by atoms with Gasteiger partial charge in [-0.25, -0.2) is 0 Å². The summed E-state index contributed by atoms with van der Waals surface area (Å²) in [6, 6.07) is 16.4. The smallest absolute Gasteiger partial charge is 0.0484 e. The van der Waals surface area contributed by atoms with E-state index in [0.29, 0.717) is 6.04 Å². The van der Waals surface area contributed by atoms with Crippen molar-refractivity contribution in [3.63, 3.8) is 0 Å². The molecule has 1 aromatic heterocycles. The predicted octanol–water partition coefficient (Wildman–Crippen LogP) is 4.09. The summed E-state index contributed by atoms with van der Waals surface area (Å²) in [6.45, 7) is 4.48. The molecule has 1 fully saturated rings. The largest absolute Gasteiger partial charge is 0.369 e. The van der Waals surface area contributed by atoms with Gasteiger partial charge < -0.3 is 24.6 Å². The first-order valence-electron chi connectivity index (χ1n) is 11.6. The molecule has 5 nitrogen and oxygen atoms in total. The normalized spacial score (nSPS) is 19.8. The van der Waals surface area contributed by atoms with E-state index in [2.05, 4.69) is 95.2 Å². The molecule has 0 spiro atoms. The Morgan fingerprint density at radius 2 is 1.61 bits per heavy atom. The van der Waals surface area contributed by atoms with Crippen molar-refractivity contribution in [2.24, 2.45) is 7.05 Å². The molecule has 5 rings (SSSR count). The molecule has 5 heteroatoms. The Bertz CT molecular complexity index is 1060. The van der Waals surface area contributed by atoms with Gasteiger partial charge in [-0.15, -0.1) is 0 Å². The number of aromatic nitrogens is 1. The van der Waals surface area contributed by atoms with E-state index in [9.17, 15) is 0 Å². The second-order valence-corrected chi connectivity index (χ2v) is 9.54. The number of nitrogens with one attached hydrogen (secondary N) is 1. The van der Waals surface area contributed by atoms with Crippen LogP contribution in [0.25, 0.3) is 10.9 Å². The molecule has 0 bridgehead atoms. The second kappa shape index (κ2) is 8.21. The Labute approximate surface area is 186 Å². The number of nitrogens with zero attached hydrogens (tertiary/aromatic N) is 4. The number of hydrogen-bond donors (Lipinski definition) is 1. The van der Waals surface area contributed by atoms with Crippen molar-refractivity contribution < 1.29 is 0 Å². The van der Waals surface area contributed by atoms with E-state index >= 15 is 0 Å². The average molecular weight is 418 g/mol. The van der Waals surface area contributed by atoms with Crippen LogP contribution in [0.15, 0.2) is 42.5 Å². The number of aryl methyl sites for hydroxylation is 1. The van der Waals surface area contributed by atoms with Crippen molar-refractivity contribution in [2.75, 3.05) is 57.5 Å².